The third-order valence-corrected chi connectivity index (χ3v) is 4.61. The summed E-state index contributed by atoms with van der Waals surface area (Å²) in [7, 11) is 2.99. The van der Waals surface area contributed by atoms with E-state index in [-0.39, 0.29) is 22.5 Å². The minimum Gasteiger partial charge on any atom is -0.507 e. The molecule has 1 N–H and O–H groups in total. The molecule has 0 amide bonds. The molecule has 1 atom stereocenters. The number of ketones is 1. The fourth-order valence-electron chi connectivity index (χ4n) is 3.21. The molecule has 4 heteroatoms. The smallest absolute Gasteiger partial charge is 0.171 e. The van der Waals surface area contributed by atoms with Crippen molar-refractivity contribution in [1.29, 1.82) is 0 Å². The van der Waals surface area contributed by atoms with E-state index in [0.29, 0.717) is 23.8 Å². The Morgan fingerprint density at radius 3 is 2.52 bits per heavy atom. The van der Waals surface area contributed by atoms with Gasteiger partial charge in [0.15, 0.2) is 5.78 Å². The predicted octanol–water partition coefficient (Wildman–Crippen LogP) is 4.36. The van der Waals surface area contributed by atoms with Crippen molar-refractivity contribution in [3.63, 3.8) is 0 Å². The molecule has 2 rings (SSSR count). The zero-order valence-electron chi connectivity index (χ0n) is 14.6. The van der Waals surface area contributed by atoms with E-state index < -0.39 is 0 Å². The molecule has 0 radical (unpaired) electrons. The summed E-state index contributed by atoms with van der Waals surface area (Å²) in [5.41, 5.74) is 1.49. The van der Waals surface area contributed by atoms with Gasteiger partial charge in [0, 0.05) is 18.6 Å². The van der Waals surface area contributed by atoms with Crippen LogP contribution in [-0.4, -0.2) is 25.1 Å². The molecular weight excluding hydrogens is 292 g/mol. The van der Waals surface area contributed by atoms with Crippen molar-refractivity contribution in [2.75, 3.05) is 14.2 Å². The second-order valence-electron chi connectivity index (χ2n) is 6.85. The summed E-state index contributed by atoms with van der Waals surface area (Å²) < 4.78 is 10.4. The van der Waals surface area contributed by atoms with Gasteiger partial charge in [0.1, 0.15) is 22.8 Å². The maximum atomic E-state index is 12.8. The van der Waals surface area contributed by atoms with E-state index in [1.54, 1.807) is 6.07 Å². The highest BCUT2D eigenvalue weighted by Gasteiger charge is 2.33. The molecule has 23 heavy (non-hydrogen) atoms. The number of aromatic hydroxyl groups is 1. The summed E-state index contributed by atoms with van der Waals surface area (Å²) in [5, 5.41) is 10.2. The van der Waals surface area contributed by atoms with Crippen molar-refractivity contribution < 1.29 is 19.4 Å². The Morgan fingerprint density at radius 2 is 2.00 bits per heavy atom. The van der Waals surface area contributed by atoms with E-state index in [9.17, 15) is 9.90 Å². The quantitative estimate of drug-likeness (QED) is 0.625. The van der Waals surface area contributed by atoms with Gasteiger partial charge in [0.05, 0.1) is 14.2 Å². The van der Waals surface area contributed by atoms with Crippen molar-refractivity contribution >= 4 is 5.78 Å². The summed E-state index contributed by atoms with van der Waals surface area (Å²) in [6.45, 7) is 6.46. The van der Waals surface area contributed by atoms with Gasteiger partial charge in [-0.2, -0.15) is 0 Å². The molecule has 1 aliphatic rings. The predicted molar refractivity (Wildman–Crippen MR) is 90.4 cm³/mol. The molecule has 0 aromatic heterocycles. The largest absolute Gasteiger partial charge is 0.507 e. The van der Waals surface area contributed by atoms with Gasteiger partial charge in [-0.05, 0) is 24.2 Å². The first-order valence-corrected chi connectivity index (χ1v) is 7.99. The van der Waals surface area contributed by atoms with Gasteiger partial charge in [-0.3, -0.25) is 4.79 Å². The number of allylic oxidation sites excluding steroid dienone is 2. The zero-order valence-corrected chi connectivity index (χ0v) is 14.6. The number of carbonyl (C=O) groups excluding carboxylic acids is 1. The highest BCUT2D eigenvalue weighted by Crippen LogP contribution is 2.43. The van der Waals surface area contributed by atoms with E-state index in [2.05, 4.69) is 26.8 Å². The third kappa shape index (κ3) is 3.69. The number of Topliss-reactive ketones (excluding diaryl/α,β-unsaturated/α-hetero) is 1. The lowest BCUT2D eigenvalue weighted by molar-refractivity contribution is 0.0937. The molecule has 1 aliphatic carbocycles. The standard InChI is InChI=1S/C19H26O4/c1-12(2)13-6-7-19(3,10-13)11-16(21)18-15(20)8-14(22-4)9-17(18)23-5/h8-10,12,20H,6-7,11H2,1-5H3/t19-/m1/s1. The van der Waals surface area contributed by atoms with Crippen LogP contribution >= 0.6 is 0 Å². The number of rotatable bonds is 6. The Kier molecular flexibility index (Phi) is 5.03. The average molecular weight is 318 g/mol. The molecule has 126 valence electrons. The summed E-state index contributed by atoms with van der Waals surface area (Å²) in [6.07, 6.45) is 4.60. The van der Waals surface area contributed by atoms with Gasteiger partial charge in [-0.25, -0.2) is 0 Å². The normalized spacial score (nSPS) is 20.5. The van der Waals surface area contributed by atoms with Crippen LogP contribution < -0.4 is 9.47 Å². The maximum absolute atomic E-state index is 12.8. The van der Waals surface area contributed by atoms with Gasteiger partial charge in [-0.15, -0.1) is 0 Å². The van der Waals surface area contributed by atoms with Crippen LogP contribution in [0.4, 0.5) is 0 Å². The molecule has 0 saturated carbocycles. The van der Waals surface area contributed by atoms with Crippen molar-refractivity contribution in [1.82, 2.24) is 0 Å². The highest BCUT2D eigenvalue weighted by atomic mass is 16.5. The number of phenolic OH excluding ortho intramolecular Hbond substituents is 1. The van der Waals surface area contributed by atoms with Gasteiger partial charge < -0.3 is 14.6 Å². The lowest BCUT2D eigenvalue weighted by Crippen LogP contribution is -2.17. The number of methoxy groups -OCH3 is 2. The minimum atomic E-state index is -0.159. The molecule has 0 unspecified atom stereocenters. The highest BCUT2D eigenvalue weighted by molar-refractivity contribution is 6.02. The summed E-state index contributed by atoms with van der Waals surface area (Å²) in [5.74, 6) is 1.12. The summed E-state index contributed by atoms with van der Waals surface area (Å²) in [4.78, 5) is 12.8. The minimum absolute atomic E-state index is 0.0964. The molecule has 0 bridgehead atoms. The van der Waals surface area contributed by atoms with Crippen LogP contribution in [0.5, 0.6) is 17.2 Å². The summed E-state index contributed by atoms with van der Waals surface area (Å²) in [6, 6.07) is 3.07. The fourth-order valence-corrected chi connectivity index (χ4v) is 3.21. The fraction of sp³-hybridized carbons (Fsp3) is 0.526. The van der Waals surface area contributed by atoms with Crippen LogP contribution in [0.2, 0.25) is 0 Å². The molecule has 0 aliphatic heterocycles. The zero-order chi connectivity index (χ0) is 17.2. The van der Waals surface area contributed by atoms with Gasteiger partial charge in [0.2, 0.25) is 0 Å². The Balaban J connectivity index is 2.28. The number of hydrogen-bond donors (Lipinski definition) is 1. The number of ether oxygens (including phenoxy) is 2. The molecule has 0 saturated heterocycles. The van der Waals surface area contributed by atoms with Gasteiger partial charge in [0.25, 0.3) is 0 Å². The van der Waals surface area contributed by atoms with Crippen LogP contribution in [0.1, 0.15) is 50.4 Å². The van der Waals surface area contributed by atoms with Crippen LogP contribution in [0, 0.1) is 11.3 Å². The van der Waals surface area contributed by atoms with E-state index in [1.165, 1.54) is 25.9 Å². The van der Waals surface area contributed by atoms with Gasteiger partial charge >= 0.3 is 0 Å². The summed E-state index contributed by atoms with van der Waals surface area (Å²) >= 11 is 0. The molecule has 1 aromatic carbocycles. The second-order valence-corrected chi connectivity index (χ2v) is 6.85. The Morgan fingerprint density at radius 1 is 1.30 bits per heavy atom. The van der Waals surface area contributed by atoms with Gasteiger partial charge in [-0.1, -0.05) is 32.4 Å². The third-order valence-electron chi connectivity index (χ3n) is 4.61. The van der Waals surface area contributed by atoms with Crippen molar-refractivity contribution in [3.8, 4) is 17.2 Å². The van der Waals surface area contributed by atoms with Crippen LogP contribution in [0.25, 0.3) is 0 Å². The van der Waals surface area contributed by atoms with Crippen LogP contribution in [0.3, 0.4) is 0 Å². The monoisotopic (exact) mass is 318 g/mol. The Labute approximate surface area is 138 Å². The first kappa shape index (κ1) is 17.4. The Hall–Kier alpha value is -1.97. The SMILES string of the molecule is COc1cc(O)c(C(=O)C[C@@]2(C)C=C(C(C)C)CC2)c(OC)c1. The number of carbonyl (C=O) groups is 1. The number of phenols is 1. The maximum Gasteiger partial charge on any atom is 0.171 e. The van der Waals surface area contributed by atoms with E-state index in [0.717, 1.165) is 12.8 Å². The average Bonchev–Trinajstić information content (AvgIpc) is 2.88. The lowest BCUT2D eigenvalue weighted by atomic mass is 9.83. The van der Waals surface area contributed by atoms with Crippen LogP contribution in [0.15, 0.2) is 23.8 Å². The van der Waals surface area contributed by atoms with Crippen molar-refractivity contribution in [2.45, 2.75) is 40.0 Å². The first-order chi connectivity index (χ1) is 10.8. The second kappa shape index (κ2) is 6.65. The molecule has 0 spiro atoms. The van der Waals surface area contributed by atoms with E-state index in [1.807, 2.05) is 0 Å². The van der Waals surface area contributed by atoms with Crippen molar-refractivity contribution in [2.24, 2.45) is 11.3 Å². The number of benzene rings is 1. The molecule has 0 heterocycles. The molecule has 1 aromatic rings. The van der Waals surface area contributed by atoms with Crippen molar-refractivity contribution in [3.05, 3.63) is 29.3 Å². The molecule has 0 fully saturated rings. The topological polar surface area (TPSA) is 55.8 Å². The first-order valence-electron chi connectivity index (χ1n) is 7.99. The van der Waals surface area contributed by atoms with E-state index in [4.69, 9.17) is 9.47 Å². The Bertz CT molecular complexity index is 631. The lowest BCUT2D eigenvalue weighted by Gasteiger charge is -2.21. The molecular formula is C19H26O4. The van der Waals surface area contributed by atoms with E-state index >= 15 is 0 Å². The molecule has 4 nitrogen and oxygen atoms in total. The van der Waals surface area contributed by atoms with Crippen LogP contribution in [-0.2, 0) is 0 Å². The number of hydrogen-bond acceptors (Lipinski definition) is 4.